The summed E-state index contributed by atoms with van der Waals surface area (Å²) in [7, 11) is 3.57. The summed E-state index contributed by atoms with van der Waals surface area (Å²) in [6.07, 6.45) is 5.06. The standard InChI is InChI=1S/C35H53N9O5/c1-4-5-21-49-34-38-32(36)31-33(39-34)44(35(47)37-31)14-6-13-43(24-27-9-7-26(8-10-27)22-30(46)48-3)29(45)25-42-19-17-41(18-20-42)23-28-11-15-40(2)16-12-28/h7-10,28H,4-6,11-25H2,1-3H3,(H,37,47)(H2,36,38,39). The molecule has 1 aromatic carbocycles. The average Bonchev–Trinajstić information content (AvgIpc) is 3.42. The summed E-state index contributed by atoms with van der Waals surface area (Å²) >= 11 is 0. The number of aromatic nitrogens is 4. The van der Waals surface area contributed by atoms with E-state index in [1.54, 1.807) is 0 Å². The van der Waals surface area contributed by atoms with Crippen molar-refractivity contribution in [2.24, 2.45) is 5.92 Å². The minimum absolute atomic E-state index is 0.0480. The van der Waals surface area contributed by atoms with Crippen LogP contribution in [0.1, 0.15) is 50.2 Å². The summed E-state index contributed by atoms with van der Waals surface area (Å²) in [6, 6.07) is 7.84. The maximum Gasteiger partial charge on any atom is 0.327 e. The van der Waals surface area contributed by atoms with Gasteiger partial charge in [0, 0.05) is 52.4 Å². The number of nitrogens with zero attached hydrogens (tertiary/aromatic N) is 7. The van der Waals surface area contributed by atoms with E-state index in [4.69, 9.17) is 15.2 Å². The van der Waals surface area contributed by atoms with E-state index >= 15 is 0 Å². The molecule has 0 spiro atoms. The van der Waals surface area contributed by atoms with Crippen molar-refractivity contribution >= 4 is 28.9 Å². The first-order valence-corrected chi connectivity index (χ1v) is 17.7. The summed E-state index contributed by atoms with van der Waals surface area (Å²) in [5.74, 6) is 0.667. The number of piperidine rings is 1. The fraction of sp³-hybridized carbons (Fsp3) is 0.629. The van der Waals surface area contributed by atoms with Gasteiger partial charge >= 0.3 is 17.7 Å². The highest BCUT2D eigenvalue weighted by Gasteiger charge is 2.25. The zero-order chi connectivity index (χ0) is 34.8. The highest BCUT2D eigenvalue weighted by atomic mass is 16.5. The molecule has 2 fully saturated rings. The third kappa shape index (κ3) is 10.2. The van der Waals surface area contributed by atoms with Gasteiger partial charge in [-0.15, -0.1) is 0 Å². The molecule has 1 amide bonds. The minimum Gasteiger partial charge on any atom is -0.469 e. The van der Waals surface area contributed by atoms with Gasteiger partial charge in [0.15, 0.2) is 11.5 Å². The number of nitrogens with two attached hydrogens (primary N) is 1. The van der Waals surface area contributed by atoms with Crippen molar-refractivity contribution in [3.63, 3.8) is 0 Å². The van der Waals surface area contributed by atoms with Gasteiger partial charge in [0.05, 0.1) is 26.7 Å². The van der Waals surface area contributed by atoms with Gasteiger partial charge in [-0.1, -0.05) is 37.6 Å². The van der Waals surface area contributed by atoms with Gasteiger partial charge in [-0.25, -0.2) is 4.79 Å². The van der Waals surface area contributed by atoms with Crippen molar-refractivity contribution in [1.82, 2.24) is 39.1 Å². The van der Waals surface area contributed by atoms with Gasteiger partial charge in [0.2, 0.25) is 5.91 Å². The van der Waals surface area contributed by atoms with E-state index in [0.29, 0.717) is 50.4 Å². The number of likely N-dealkylation sites (tertiary alicyclic amines) is 1. The molecule has 14 nitrogen and oxygen atoms in total. The molecule has 0 saturated carbocycles. The molecular weight excluding hydrogens is 626 g/mol. The van der Waals surface area contributed by atoms with E-state index in [1.807, 2.05) is 29.2 Å². The number of nitrogens with one attached hydrogen (secondary N) is 1. The number of esters is 1. The van der Waals surface area contributed by atoms with Crippen LogP contribution in [-0.4, -0.2) is 131 Å². The SMILES string of the molecule is CCCCOc1nc(N)c2[nH]c(=O)n(CCCN(Cc3ccc(CC(=O)OC)cc3)C(=O)CN3CCN(CC4CCN(C)CC4)CC3)c2n1. The van der Waals surface area contributed by atoms with Gasteiger partial charge in [-0.3, -0.25) is 19.1 Å². The van der Waals surface area contributed by atoms with E-state index in [9.17, 15) is 14.4 Å². The van der Waals surface area contributed by atoms with Crippen molar-refractivity contribution < 1.29 is 19.1 Å². The van der Waals surface area contributed by atoms with Crippen LogP contribution in [0.2, 0.25) is 0 Å². The Morgan fingerprint density at radius 3 is 2.39 bits per heavy atom. The number of ether oxygens (including phenoxy) is 2. The maximum absolute atomic E-state index is 13.9. The number of fused-ring (bicyclic) bond motifs is 1. The molecule has 268 valence electrons. The van der Waals surface area contributed by atoms with Crippen LogP contribution in [0, 0.1) is 5.92 Å². The van der Waals surface area contributed by atoms with Gasteiger partial charge in [0.1, 0.15) is 5.52 Å². The zero-order valence-corrected chi connectivity index (χ0v) is 29.4. The van der Waals surface area contributed by atoms with Crippen LogP contribution in [0.4, 0.5) is 5.82 Å². The number of aromatic amines is 1. The Kier molecular flexibility index (Phi) is 13.0. The Balaban J connectivity index is 1.22. The molecule has 2 saturated heterocycles. The number of benzene rings is 1. The van der Waals surface area contributed by atoms with Crippen molar-refractivity contribution in [3.05, 3.63) is 45.9 Å². The molecule has 0 bridgehead atoms. The number of methoxy groups -OCH3 is 1. The molecule has 0 atom stereocenters. The number of H-pyrrole nitrogens is 1. The Morgan fingerprint density at radius 2 is 1.69 bits per heavy atom. The lowest BCUT2D eigenvalue weighted by Crippen LogP contribution is -2.51. The van der Waals surface area contributed by atoms with Crippen LogP contribution in [-0.2, 0) is 33.8 Å². The molecule has 0 radical (unpaired) electrons. The Morgan fingerprint density at radius 1 is 1.00 bits per heavy atom. The van der Waals surface area contributed by atoms with Crippen molar-refractivity contribution in [2.45, 2.75) is 58.5 Å². The molecule has 0 unspecified atom stereocenters. The Bertz CT molecular complexity index is 1570. The normalized spacial score (nSPS) is 16.6. The Labute approximate surface area is 288 Å². The van der Waals surface area contributed by atoms with Gasteiger partial charge in [0.25, 0.3) is 0 Å². The number of rotatable bonds is 16. The topological polar surface area (TPSA) is 155 Å². The number of aryl methyl sites for hydroxylation is 1. The highest BCUT2D eigenvalue weighted by Crippen LogP contribution is 2.20. The number of hydrogen-bond acceptors (Lipinski definition) is 11. The van der Waals surface area contributed by atoms with Crippen molar-refractivity contribution in [1.29, 1.82) is 0 Å². The fourth-order valence-electron chi connectivity index (χ4n) is 6.58. The van der Waals surface area contributed by atoms with E-state index in [0.717, 1.165) is 62.6 Å². The number of piperazine rings is 1. The fourth-order valence-corrected chi connectivity index (χ4v) is 6.58. The van der Waals surface area contributed by atoms with Crippen LogP contribution in [0.15, 0.2) is 29.1 Å². The second-order valence-electron chi connectivity index (χ2n) is 13.4. The van der Waals surface area contributed by atoms with E-state index in [-0.39, 0.29) is 35.8 Å². The van der Waals surface area contributed by atoms with Gasteiger partial charge in [-0.2, -0.15) is 9.97 Å². The summed E-state index contributed by atoms with van der Waals surface area (Å²) < 4.78 is 12.0. The largest absolute Gasteiger partial charge is 0.469 e. The smallest absolute Gasteiger partial charge is 0.327 e. The average molecular weight is 680 g/mol. The van der Waals surface area contributed by atoms with Crippen LogP contribution >= 0.6 is 0 Å². The highest BCUT2D eigenvalue weighted by molar-refractivity contribution is 5.82. The summed E-state index contributed by atoms with van der Waals surface area (Å²) in [5.41, 5.74) is 8.38. The predicted octanol–water partition coefficient (Wildman–Crippen LogP) is 1.97. The molecule has 49 heavy (non-hydrogen) atoms. The molecule has 5 rings (SSSR count). The second kappa shape index (κ2) is 17.6. The first-order valence-electron chi connectivity index (χ1n) is 17.7. The summed E-state index contributed by atoms with van der Waals surface area (Å²) in [4.78, 5) is 59.1. The molecule has 0 aliphatic carbocycles. The minimum atomic E-state index is -0.334. The number of hydrogen-bond donors (Lipinski definition) is 2. The number of carbonyl (C=O) groups is 2. The predicted molar refractivity (Wildman–Crippen MR) is 188 cm³/mol. The molecular formula is C35H53N9O5. The molecule has 2 aliphatic heterocycles. The number of amides is 1. The monoisotopic (exact) mass is 679 g/mol. The number of unbranched alkanes of at least 4 members (excludes halogenated alkanes) is 1. The van der Waals surface area contributed by atoms with Crippen LogP contribution < -0.4 is 16.2 Å². The number of anilines is 1. The van der Waals surface area contributed by atoms with E-state index in [2.05, 4.69) is 43.6 Å². The van der Waals surface area contributed by atoms with Crippen molar-refractivity contribution in [2.75, 3.05) is 85.4 Å². The quantitative estimate of drug-likeness (QED) is 0.169. The summed E-state index contributed by atoms with van der Waals surface area (Å²) in [5, 5.41) is 0. The number of nitrogen functional groups attached to an aromatic ring is 1. The molecule has 3 aromatic rings. The number of imidazole rings is 1. The van der Waals surface area contributed by atoms with Crippen LogP contribution in [0.5, 0.6) is 6.01 Å². The first-order chi connectivity index (χ1) is 23.7. The molecule has 2 aromatic heterocycles. The third-order valence-electron chi connectivity index (χ3n) is 9.67. The lowest BCUT2D eigenvalue weighted by atomic mass is 9.96. The lowest BCUT2D eigenvalue weighted by molar-refractivity contribution is -0.139. The molecule has 3 N–H and O–H groups in total. The Hall–Kier alpha value is -4.01. The zero-order valence-electron chi connectivity index (χ0n) is 29.4. The van der Waals surface area contributed by atoms with Crippen LogP contribution in [0.25, 0.3) is 11.2 Å². The van der Waals surface area contributed by atoms with E-state index in [1.165, 1.54) is 37.6 Å². The van der Waals surface area contributed by atoms with Crippen LogP contribution in [0.3, 0.4) is 0 Å². The van der Waals surface area contributed by atoms with Gasteiger partial charge in [-0.05, 0) is 62.9 Å². The maximum atomic E-state index is 13.9. The summed E-state index contributed by atoms with van der Waals surface area (Å²) in [6.45, 7) is 11.2. The lowest BCUT2D eigenvalue weighted by Gasteiger charge is -2.38. The van der Waals surface area contributed by atoms with Gasteiger partial charge < -0.3 is 34.9 Å². The third-order valence-corrected chi connectivity index (χ3v) is 9.67. The molecule has 2 aliphatic rings. The first kappa shape index (κ1) is 36.3. The molecule has 14 heteroatoms. The molecule has 4 heterocycles. The van der Waals surface area contributed by atoms with E-state index < -0.39 is 0 Å². The number of carbonyl (C=O) groups excluding carboxylic acids is 2. The van der Waals surface area contributed by atoms with Crippen molar-refractivity contribution in [3.8, 4) is 6.01 Å². The second-order valence-corrected chi connectivity index (χ2v) is 13.4.